The van der Waals surface area contributed by atoms with Crippen molar-refractivity contribution in [2.24, 2.45) is 0 Å². The Balaban J connectivity index is 2.14. The second-order valence-electron chi connectivity index (χ2n) is 6.00. The fraction of sp³-hybridized carbons (Fsp3) is 0.263. The van der Waals surface area contributed by atoms with E-state index in [0.717, 1.165) is 11.1 Å². The number of carbonyl (C=O) groups is 2. The van der Waals surface area contributed by atoms with E-state index in [-0.39, 0.29) is 17.1 Å². The number of aryl methyl sites for hydroxylation is 2. The molecule has 8 heteroatoms. The van der Waals surface area contributed by atoms with Gasteiger partial charge in [-0.1, -0.05) is 17.7 Å². The van der Waals surface area contributed by atoms with E-state index in [1.807, 2.05) is 13.0 Å². The van der Waals surface area contributed by atoms with Gasteiger partial charge >= 0.3 is 5.97 Å². The zero-order valence-electron chi connectivity index (χ0n) is 15.4. The maximum atomic E-state index is 12.4. The first-order valence-electron chi connectivity index (χ1n) is 8.14. The maximum absolute atomic E-state index is 12.4. The average Bonchev–Trinajstić information content (AvgIpc) is 2.63. The number of esters is 1. The van der Waals surface area contributed by atoms with Crippen molar-refractivity contribution < 1.29 is 24.0 Å². The number of hydrogen-bond acceptors (Lipinski definition) is 6. The third kappa shape index (κ3) is 4.81. The van der Waals surface area contributed by atoms with E-state index in [9.17, 15) is 19.7 Å². The molecule has 0 aliphatic heterocycles. The van der Waals surface area contributed by atoms with Crippen LogP contribution in [0.15, 0.2) is 36.4 Å². The van der Waals surface area contributed by atoms with Crippen LogP contribution in [0.3, 0.4) is 0 Å². The molecule has 27 heavy (non-hydrogen) atoms. The van der Waals surface area contributed by atoms with Crippen molar-refractivity contribution in [2.75, 3.05) is 12.4 Å². The number of methoxy groups -OCH3 is 1. The van der Waals surface area contributed by atoms with Gasteiger partial charge < -0.3 is 14.8 Å². The van der Waals surface area contributed by atoms with Crippen LogP contribution in [-0.2, 0) is 9.53 Å². The molecule has 1 N–H and O–H groups in total. The summed E-state index contributed by atoms with van der Waals surface area (Å²) in [6, 6.07) is 9.17. The molecule has 0 radical (unpaired) electrons. The molecule has 0 bridgehead atoms. The van der Waals surface area contributed by atoms with Gasteiger partial charge in [0.25, 0.3) is 11.6 Å². The number of amides is 1. The molecule has 2 rings (SSSR count). The van der Waals surface area contributed by atoms with Crippen LogP contribution in [-0.4, -0.2) is 30.0 Å². The smallest absolute Gasteiger partial charge is 0.339 e. The second kappa shape index (κ2) is 8.31. The summed E-state index contributed by atoms with van der Waals surface area (Å²) in [7, 11) is 1.38. The largest absolute Gasteiger partial charge is 0.495 e. The van der Waals surface area contributed by atoms with Crippen molar-refractivity contribution in [1.29, 1.82) is 0 Å². The highest BCUT2D eigenvalue weighted by atomic mass is 16.6. The molecule has 1 atom stereocenters. The number of rotatable bonds is 6. The molecule has 0 aliphatic carbocycles. The van der Waals surface area contributed by atoms with Crippen molar-refractivity contribution in [2.45, 2.75) is 26.9 Å². The molecule has 0 fully saturated rings. The number of nitro benzene ring substituents is 1. The van der Waals surface area contributed by atoms with Gasteiger partial charge in [-0.05, 0) is 38.5 Å². The van der Waals surface area contributed by atoms with Crippen LogP contribution in [0.25, 0.3) is 0 Å². The lowest BCUT2D eigenvalue weighted by Crippen LogP contribution is -2.30. The third-order valence-corrected chi connectivity index (χ3v) is 3.92. The molecule has 1 amide bonds. The van der Waals surface area contributed by atoms with E-state index in [1.54, 1.807) is 19.1 Å². The van der Waals surface area contributed by atoms with Crippen LogP contribution in [0.1, 0.15) is 28.4 Å². The van der Waals surface area contributed by atoms with Crippen LogP contribution in [0, 0.1) is 24.0 Å². The quantitative estimate of drug-likeness (QED) is 0.473. The molecule has 2 aromatic rings. The lowest BCUT2D eigenvalue weighted by atomic mass is 10.1. The molecule has 142 valence electrons. The Bertz CT molecular complexity index is 894. The molecule has 0 spiro atoms. The number of non-ortho nitro benzene ring substituents is 1. The topological polar surface area (TPSA) is 108 Å². The zero-order valence-corrected chi connectivity index (χ0v) is 15.4. The minimum absolute atomic E-state index is 0.117. The number of ether oxygens (including phenoxy) is 2. The first kappa shape index (κ1) is 19.9. The second-order valence-corrected chi connectivity index (χ2v) is 6.00. The maximum Gasteiger partial charge on any atom is 0.339 e. The monoisotopic (exact) mass is 372 g/mol. The van der Waals surface area contributed by atoms with Gasteiger partial charge in [0.2, 0.25) is 0 Å². The number of carbonyl (C=O) groups excluding carboxylic acids is 2. The van der Waals surface area contributed by atoms with Crippen LogP contribution in [0.5, 0.6) is 5.75 Å². The van der Waals surface area contributed by atoms with Crippen LogP contribution >= 0.6 is 0 Å². The summed E-state index contributed by atoms with van der Waals surface area (Å²) in [6.07, 6.45) is -1.11. The number of hydrogen-bond donors (Lipinski definition) is 1. The van der Waals surface area contributed by atoms with Crippen LogP contribution in [0.4, 0.5) is 11.4 Å². The van der Waals surface area contributed by atoms with Gasteiger partial charge in [-0.3, -0.25) is 14.9 Å². The van der Waals surface area contributed by atoms with E-state index in [0.29, 0.717) is 5.56 Å². The highest BCUT2D eigenvalue weighted by Crippen LogP contribution is 2.29. The Labute approximate surface area is 156 Å². The van der Waals surface area contributed by atoms with Crippen molar-refractivity contribution >= 4 is 23.3 Å². The molecule has 1 unspecified atom stereocenters. The Morgan fingerprint density at radius 1 is 1.15 bits per heavy atom. The summed E-state index contributed by atoms with van der Waals surface area (Å²) >= 11 is 0. The Morgan fingerprint density at radius 3 is 2.48 bits per heavy atom. The Hall–Kier alpha value is -3.42. The minimum atomic E-state index is -1.11. The van der Waals surface area contributed by atoms with Gasteiger partial charge in [0.05, 0.1) is 23.3 Å². The first-order valence-corrected chi connectivity index (χ1v) is 8.14. The van der Waals surface area contributed by atoms with Gasteiger partial charge in [-0.15, -0.1) is 0 Å². The Morgan fingerprint density at radius 2 is 1.85 bits per heavy atom. The number of nitro groups is 1. The SMILES string of the molecule is COc1ccc([N+](=O)[O-])cc1NC(=O)C(C)OC(=O)c1cc(C)ccc1C. The van der Waals surface area contributed by atoms with E-state index in [2.05, 4.69) is 5.32 Å². The molecule has 0 aromatic heterocycles. The minimum Gasteiger partial charge on any atom is -0.495 e. The third-order valence-electron chi connectivity index (χ3n) is 3.92. The van der Waals surface area contributed by atoms with Gasteiger partial charge in [0, 0.05) is 12.1 Å². The van der Waals surface area contributed by atoms with E-state index < -0.39 is 22.9 Å². The molecular formula is C19H20N2O6. The molecular weight excluding hydrogens is 352 g/mol. The molecule has 0 aliphatic rings. The number of benzene rings is 2. The van der Waals surface area contributed by atoms with Gasteiger partial charge in [-0.25, -0.2) is 4.79 Å². The lowest BCUT2D eigenvalue weighted by Gasteiger charge is -2.16. The van der Waals surface area contributed by atoms with E-state index in [4.69, 9.17) is 9.47 Å². The molecule has 0 saturated heterocycles. The average molecular weight is 372 g/mol. The summed E-state index contributed by atoms with van der Waals surface area (Å²) < 4.78 is 10.3. The summed E-state index contributed by atoms with van der Waals surface area (Å²) in [5, 5.41) is 13.4. The summed E-state index contributed by atoms with van der Waals surface area (Å²) in [5.74, 6) is -1.00. The highest BCUT2D eigenvalue weighted by Gasteiger charge is 2.22. The number of anilines is 1. The van der Waals surface area contributed by atoms with Crippen molar-refractivity contribution in [3.8, 4) is 5.75 Å². The lowest BCUT2D eigenvalue weighted by molar-refractivity contribution is -0.384. The predicted octanol–water partition coefficient (Wildman–Crippen LogP) is 3.40. The van der Waals surface area contributed by atoms with E-state index >= 15 is 0 Å². The predicted molar refractivity (Wildman–Crippen MR) is 99.1 cm³/mol. The summed E-state index contributed by atoms with van der Waals surface area (Å²) in [6.45, 7) is 5.04. The van der Waals surface area contributed by atoms with E-state index in [1.165, 1.54) is 32.2 Å². The van der Waals surface area contributed by atoms with Crippen molar-refractivity contribution in [3.63, 3.8) is 0 Å². The molecule has 8 nitrogen and oxygen atoms in total. The first-order chi connectivity index (χ1) is 12.7. The van der Waals surface area contributed by atoms with Crippen LogP contribution < -0.4 is 10.1 Å². The van der Waals surface area contributed by atoms with Crippen LogP contribution in [0.2, 0.25) is 0 Å². The summed E-state index contributed by atoms with van der Waals surface area (Å²) in [4.78, 5) is 35.0. The molecule has 2 aromatic carbocycles. The molecule has 0 saturated carbocycles. The fourth-order valence-electron chi connectivity index (χ4n) is 2.37. The van der Waals surface area contributed by atoms with Gasteiger partial charge in [0.15, 0.2) is 6.10 Å². The van der Waals surface area contributed by atoms with Crippen molar-refractivity contribution in [1.82, 2.24) is 0 Å². The fourth-order valence-corrected chi connectivity index (χ4v) is 2.37. The summed E-state index contributed by atoms with van der Waals surface area (Å²) in [5.41, 5.74) is 1.92. The number of nitrogens with zero attached hydrogens (tertiary/aromatic N) is 1. The Kier molecular flexibility index (Phi) is 6.12. The van der Waals surface area contributed by atoms with Gasteiger partial charge in [-0.2, -0.15) is 0 Å². The highest BCUT2D eigenvalue weighted by molar-refractivity contribution is 5.98. The number of nitrogens with one attached hydrogen (secondary N) is 1. The zero-order chi connectivity index (χ0) is 20.1. The normalized spacial score (nSPS) is 11.4. The standard InChI is InChI=1S/C19H20N2O6/c1-11-5-6-12(2)15(9-11)19(23)27-13(3)18(22)20-16-10-14(21(24)25)7-8-17(16)26-4/h5-10,13H,1-4H3,(H,20,22). The van der Waals surface area contributed by atoms with Crippen molar-refractivity contribution in [3.05, 3.63) is 63.2 Å². The van der Waals surface area contributed by atoms with Gasteiger partial charge in [0.1, 0.15) is 5.75 Å². The molecule has 0 heterocycles.